The molecule has 1 aliphatic heterocycles. The first-order chi connectivity index (χ1) is 12.6. The minimum absolute atomic E-state index is 0.187. The van der Waals surface area contributed by atoms with E-state index in [1.54, 1.807) is 7.11 Å². The molecule has 0 saturated carbocycles. The van der Waals surface area contributed by atoms with Crippen LogP contribution in [-0.4, -0.2) is 59.4 Å². The molecule has 1 aromatic rings. The van der Waals surface area contributed by atoms with Crippen molar-refractivity contribution < 1.29 is 9.84 Å². The Hall–Kier alpha value is -0.900. The van der Waals surface area contributed by atoms with E-state index < -0.39 is 10.9 Å². The molecule has 0 aromatic carbocycles. The fraction of sp³-hybridized carbons (Fsp3) is 0.778. The van der Waals surface area contributed by atoms with Crippen molar-refractivity contribution >= 4 is 16.5 Å². The molecule has 0 bridgehead atoms. The Balaban J connectivity index is 2.07. The first-order valence-corrected chi connectivity index (χ1v) is 10.3. The highest BCUT2D eigenvalue weighted by molar-refractivity contribution is 7.15. The van der Waals surface area contributed by atoms with Crippen molar-refractivity contribution in [3.05, 3.63) is 22.9 Å². The molecule has 1 saturated heterocycles. The van der Waals surface area contributed by atoms with Crippen LogP contribution >= 0.6 is 11.3 Å². The van der Waals surface area contributed by atoms with Gasteiger partial charge >= 0.3 is 5.13 Å². The molecule has 0 radical (unpaired) electrons. The van der Waals surface area contributed by atoms with Crippen LogP contribution in [0.5, 0.6) is 0 Å². The number of hydrogen-bond donors (Lipinski definition) is 1. The molecular weight excluding hydrogens is 352 g/mol. The molecule has 8 heteroatoms. The van der Waals surface area contributed by atoms with Crippen LogP contribution in [0.2, 0.25) is 0 Å². The number of rotatable bonds is 12. The Morgan fingerprint density at radius 2 is 2.19 bits per heavy atom. The van der Waals surface area contributed by atoms with Crippen molar-refractivity contribution in [3.8, 4) is 0 Å². The molecule has 0 spiro atoms. The van der Waals surface area contributed by atoms with Crippen molar-refractivity contribution in [1.82, 2.24) is 19.7 Å². The number of allylic oxidation sites excluding steroid dienone is 1. The number of nitrogens with zero attached hydrogens (tertiary/aromatic N) is 4. The average molecular weight is 385 g/mol. The van der Waals surface area contributed by atoms with Crippen LogP contribution in [0.15, 0.2) is 12.7 Å². The van der Waals surface area contributed by atoms with Crippen molar-refractivity contribution in [1.29, 1.82) is 0 Å². The van der Waals surface area contributed by atoms with E-state index in [9.17, 15) is 10.3 Å². The van der Waals surface area contributed by atoms with Crippen LogP contribution in [0.3, 0.4) is 0 Å². The normalized spacial score (nSPS) is 26.5. The summed E-state index contributed by atoms with van der Waals surface area (Å²) in [5.74, 6) is 0. The molecule has 2 heterocycles. The Kier molecular flexibility index (Phi) is 8.59. The molecule has 3 unspecified atom stereocenters. The Bertz CT molecular complexity index is 556. The van der Waals surface area contributed by atoms with E-state index >= 15 is 0 Å². The maximum Gasteiger partial charge on any atom is 0.309 e. The quantitative estimate of drug-likeness (QED) is 0.258. The van der Waals surface area contributed by atoms with E-state index in [4.69, 9.17) is 4.74 Å². The van der Waals surface area contributed by atoms with Gasteiger partial charge < -0.3 is 15.1 Å². The number of ether oxygens (including phenoxy) is 1. The Morgan fingerprint density at radius 1 is 1.38 bits per heavy atom. The molecule has 148 valence electrons. The lowest BCUT2D eigenvalue weighted by Gasteiger charge is -2.37. The van der Waals surface area contributed by atoms with E-state index in [2.05, 4.69) is 23.7 Å². The standard InChI is InChI=1S/C18H32N4O3S/c1-4-6-8-10-12-21-14-22(24,17(23)15(21)13-25-3)18-20-19-16(26-18)11-9-7-5-2/h4,15,17,23H,1,5-14H2,2-3H3. The predicted octanol–water partition coefficient (Wildman–Crippen LogP) is 3.04. The number of aliphatic hydroxyl groups is 1. The van der Waals surface area contributed by atoms with Gasteiger partial charge in [0.05, 0.1) is 6.61 Å². The minimum Gasteiger partial charge on any atom is -0.623 e. The Labute approximate surface area is 160 Å². The lowest BCUT2D eigenvalue weighted by Crippen LogP contribution is -2.51. The monoisotopic (exact) mass is 384 g/mol. The smallest absolute Gasteiger partial charge is 0.309 e. The maximum atomic E-state index is 13.4. The summed E-state index contributed by atoms with van der Waals surface area (Å²) in [7, 11) is 1.59. The van der Waals surface area contributed by atoms with Gasteiger partial charge in [0.2, 0.25) is 6.23 Å². The van der Waals surface area contributed by atoms with E-state index in [0.29, 0.717) is 11.7 Å². The van der Waals surface area contributed by atoms with Gasteiger partial charge in [-0.25, -0.2) is 4.90 Å². The van der Waals surface area contributed by atoms with Gasteiger partial charge in [0.15, 0.2) is 0 Å². The highest BCUT2D eigenvalue weighted by atomic mass is 32.1. The third-order valence-corrected chi connectivity index (χ3v) is 5.94. The summed E-state index contributed by atoms with van der Waals surface area (Å²) < 4.78 is 4.41. The van der Waals surface area contributed by atoms with E-state index in [0.717, 1.165) is 56.5 Å². The van der Waals surface area contributed by atoms with Gasteiger partial charge in [0.1, 0.15) is 17.7 Å². The van der Waals surface area contributed by atoms with Crippen molar-refractivity contribution in [2.75, 3.05) is 26.9 Å². The van der Waals surface area contributed by atoms with Crippen molar-refractivity contribution in [2.45, 2.75) is 64.1 Å². The number of aryl methyl sites for hydroxylation is 1. The largest absolute Gasteiger partial charge is 0.623 e. The highest BCUT2D eigenvalue weighted by Gasteiger charge is 2.50. The summed E-state index contributed by atoms with van der Waals surface area (Å²) in [6, 6.07) is -0.325. The third kappa shape index (κ3) is 5.09. The van der Waals surface area contributed by atoms with E-state index in [1.807, 2.05) is 11.0 Å². The SMILES string of the molecule is C=CCCCCN1C[N+]([O-])(c2nnc(CCCCC)s2)C(O)C1COC. The van der Waals surface area contributed by atoms with Crippen LogP contribution < -0.4 is 4.65 Å². The summed E-state index contributed by atoms with van der Waals surface area (Å²) in [6.45, 7) is 7.16. The van der Waals surface area contributed by atoms with Crippen LogP contribution in [0.4, 0.5) is 5.13 Å². The second-order valence-corrected chi connectivity index (χ2v) is 7.95. The molecule has 7 nitrogen and oxygen atoms in total. The van der Waals surface area contributed by atoms with Crippen molar-refractivity contribution in [2.24, 2.45) is 0 Å². The zero-order valence-electron chi connectivity index (χ0n) is 16.0. The molecule has 1 N–H and O–H groups in total. The van der Waals surface area contributed by atoms with Crippen molar-refractivity contribution in [3.63, 3.8) is 0 Å². The molecule has 1 fully saturated rings. The van der Waals surface area contributed by atoms with Gasteiger partial charge in [0, 0.05) is 20.1 Å². The molecule has 26 heavy (non-hydrogen) atoms. The highest BCUT2D eigenvalue weighted by Crippen LogP contribution is 2.36. The number of quaternary nitrogens is 1. The van der Waals surface area contributed by atoms with Crippen LogP contribution in [0.1, 0.15) is 50.5 Å². The van der Waals surface area contributed by atoms with Gasteiger partial charge in [-0.3, -0.25) is 4.65 Å². The zero-order chi connectivity index (χ0) is 19.0. The first-order valence-electron chi connectivity index (χ1n) is 9.50. The molecule has 0 amide bonds. The molecule has 2 rings (SSSR count). The topological polar surface area (TPSA) is 81.5 Å². The number of hydrogen-bond acceptors (Lipinski definition) is 7. The van der Waals surface area contributed by atoms with Crippen LogP contribution in [0.25, 0.3) is 0 Å². The van der Waals surface area contributed by atoms with Gasteiger partial charge in [-0.15, -0.1) is 11.7 Å². The molecular formula is C18H32N4O3S. The number of aliphatic hydroxyl groups excluding tert-OH is 1. The second-order valence-electron chi connectivity index (χ2n) is 6.91. The van der Waals surface area contributed by atoms with Crippen LogP contribution in [0, 0.1) is 5.21 Å². The summed E-state index contributed by atoms with van der Waals surface area (Å²) in [5.41, 5.74) is 0. The number of unbranched alkanes of at least 4 members (excludes halogenated alkanes) is 4. The number of hydroxylamine groups is 2. The fourth-order valence-corrected chi connectivity index (χ4v) is 4.27. The Morgan fingerprint density at radius 3 is 2.88 bits per heavy atom. The van der Waals surface area contributed by atoms with Gasteiger partial charge in [0.25, 0.3) is 0 Å². The first kappa shape index (κ1) is 21.4. The summed E-state index contributed by atoms with van der Waals surface area (Å²) in [5, 5.41) is 33.7. The van der Waals surface area contributed by atoms with E-state index in [1.165, 1.54) is 11.3 Å². The lowest BCUT2D eigenvalue weighted by molar-refractivity contribution is 0.0190. The molecule has 3 atom stereocenters. The predicted molar refractivity (Wildman–Crippen MR) is 106 cm³/mol. The summed E-state index contributed by atoms with van der Waals surface area (Å²) in [4.78, 5) is 2.03. The minimum atomic E-state index is -1.11. The molecule has 1 aromatic heterocycles. The molecule has 0 aliphatic carbocycles. The van der Waals surface area contributed by atoms with Gasteiger partial charge in [-0.05, 0) is 37.0 Å². The third-order valence-electron chi connectivity index (χ3n) is 4.85. The number of methoxy groups -OCH3 is 1. The summed E-state index contributed by atoms with van der Waals surface area (Å²) in [6.07, 6.45) is 7.91. The van der Waals surface area contributed by atoms with Gasteiger partial charge in [-0.2, -0.15) is 0 Å². The molecule has 1 aliphatic rings. The lowest BCUT2D eigenvalue weighted by atomic mass is 10.2. The average Bonchev–Trinajstić information content (AvgIpc) is 3.19. The van der Waals surface area contributed by atoms with Crippen LogP contribution in [-0.2, 0) is 11.2 Å². The van der Waals surface area contributed by atoms with Gasteiger partial charge in [-0.1, -0.05) is 30.9 Å². The maximum absolute atomic E-state index is 13.4. The van der Waals surface area contributed by atoms with E-state index in [-0.39, 0.29) is 12.7 Å². The zero-order valence-corrected chi connectivity index (χ0v) is 16.8. The second kappa shape index (κ2) is 10.4. The summed E-state index contributed by atoms with van der Waals surface area (Å²) >= 11 is 1.33. The number of aromatic nitrogens is 2. The fourth-order valence-electron chi connectivity index (χ4n) is 3.33.